The Morgan fingerprint density at radius 2 is 1.93 bits per heavy atom. The standard InChI is InChI=1S/C20H28N4OS.HI/c1-16-8-13-26-19(16)15-23-20(21-2)22-14-18(17-6-4-3-5-7-17)24-9-11-25-12-10-24;/h3-8,13,18H,9-12,14-15H2,1-2H3,(H2,21,22,23);1H. The third-order valence-corrected chi connectivity index (χ3v) is 5.76. The van der Waals surface area contributed by atoms with Crippen LogP contribution in [0.3, 0.4) is 0 Å². The molecule has 2 heterocycles. The summed E-state index contributed by atoms with van der Waals surface area (Å²) in [6, 6.07) is 13.1. The fourth-order valence-corrected chi connectivity index (χ4v) is 4.03. The van der Waals surface area contributed by atoms with Crippen LogP contribution < -0.4 is 10.6 Å². The molecule has 0 saturated carbocycles. The molecule has 0 spiro atoms. The number of rotatable bonds is 6. The molecule has 1 aromatic heterocycles. The van der Waals surface area contributed by atoms with Crippen LogP contribution in [-0.2, 0) is 11.3 Å². The molecule has 2 aromatic rings. The number of aryl methyl sites for hydroxylation is 1. The molecular formula is C20H29IN4OS. The number of ether oxygens (including phenoxy) is 1. The molecule has 1 atom stereocenters. The van der Waals surface area contributed by atoms with E-state index in [1.54, 1.807) is 11.3 Å². The average molecular weight is 500 g/mol. The predicted molar refractivity (Wildman–Crippen MR) is 124 cm³/mol. The highest BCUT2D eigenvalue weighted by molar-refractivity contribution is 14.0. The van der Waals surface area contributed by atoms with E-state index in [-0.39, 0.29) is 24.0 Å². The van der Waals surface area contributed by atoms with E-state index in [1.807, 2.05) is 7.05 Å². The summed E-state index contributed by atoms with van der Waals surface area (Å²) in [5.74, 6) is 0.840. The van der Waals surface area contributed by atoms with Crippen LogP contribution >= 0.6 is 35.3 Å². The second-order valence-corrected chi connectivity index (χ2v) is 7.41. The van der Waals surface area contributed by atoms with Gasteiger partial charge in [-0.1, -0.05) is 30.3 Å². The van der Waals surface area contributed by atoms with Gasteiger partial charge in [0.1, 0.15) is 0 Å². The van der Waals surface area contributed by atoms with Gasteiger partial charge in [-0.15, -0.1) is 35.3 Å². The van der Waals surface area contributed by atoms with E-state index < -0.39 is 0 Å². The lowest BCUT2D eigenvalue weighted by molar-refractivity contribution is 0.0170. The maximum atomic E-state index is 5.53. The van der Waals surface area contributed by atoms with Gasteiger partial charge in [-0.2, -0.15) is 0 Å². The van der Waals surface area contributed by atoms with Gasteiger partial charge in [-0.05, 0) is 29.5 Å². The second kappa shape index (κ2) is 11.6. The van der Waals surface area contributed by atoms with Crippen molar-refractivity contribution in [3.8, 4) is 0 Å². The number of guanidine groups is 1. The Morgan fingerprint density at radius 1 is 1.19 bits per heavy atom. The van der Waals surface area contributed by atoms with Gasteiger partial charge >= 0.3 is 0 Å². The third-order valence-electron chi connectivity index (χ3n) is 4.74. The zero-order chi connectivity index (χ0) is 18.2. The third kappa shape index (κ3) is 6.44. The molecule has 1 saturated heterocycles. The Hall–Kier alpha value is -1.16. The van der Waals surface area contributed by atoms with Crippen molar-refractivity contribution < 1.29 is 4.74 Å². The van der Waals surface area contributed by atoms with Crippen LogP contribution in [0.25, 0.3) is 0 Å². The van der Waals surface area contributed by atoms with E-state index in [9.17, 15) is 0 Å². The minimum Gasteiger partial charge on any atom is -0.379 e. The lowest BCUT2D eigenvalue weighted by Crippen LogP contribution is -2.46. The number of nitrogens with one attached hydrogen (secondary N) is 2. The van der Waals surface area contributed by atoms with Crippen LogP contribution in [0.2, 0.25) is 0 Å². The Bertz CT molecular complexity index is 701. The van der Waals surface area contributed by atoms with E-state index in [4.69, 9.17) is 4.74 Å². The summed E-state index contributed by atoms with van der Waals surface area (Å²) in [5.41, 5.74) is 2.65. The fraction of sp³-hybridized carbons (Fsp3) is 0.450. The normalized spacial score (nSPS) is 16.4. The number of thiophene rings is 1. The number of nitrogens with zero attached hydrogens (tertiary/aromatic N) is 2. The van der Waals surface area contributed by atoms with Crippen molar-refractivity contribution in [2.45, 2.75) is 19.5 Å². The van der Waals surface area contributed by atoms with E-state index in [0.717, 1.165) is 45.4 Å². The minimum atomic E-state index is 0. The highest BCUT2D eigenvalue weighted by Crippen LogP contribution is 2.21. The molecule has 1 aliphatic heterocycles. The molecule has 27 heavy (non-hydrogen) atoms. The van der Waals surface area contributed by atoms with Crippen molar-refractivity contribution in [1.29, 1.82) is 0 Å². The first-order valence-corrected chi connectivity index (χ1v) is 10.00. The Balaban J connectivity index is 0.00000261. The Kier molecular flexibility index (Phi) is 9.53. The summed E-state index contributed by atoms with van der Waals surface area (Å²) >= 11 is 1.78. The Morgan fingerprint density at radius 3 is 2.56 bits per heavy atom. The Labute approximate surface area is 183 Å². The monoisotopic (exact) mass is 500 g/mol. The first kappa shape index (κ1) is 22.1. The van der Waals surface area contributed by atoms with E-state index in [0.29, 0.717) is 6.04 Å². The number of halogens is 1. The molecule has 0 bridgehead atoms. The minimum absolute atomic E-state index is 0. The van der Waals surface area contributed by atoms with Gasteiger partial charge in [0.05, 0.1) is 25.8 Å². The highest BCUT2D eigenvalue weighted by Gasteiger charge is 2.22. The molecule has 1 aromatic carbocycles. The van der Waals surface area contributed by atoms with Crippen molar-refractivity contribution in [3.05, 3.63) is 57.8 Å². The maximum absolute atomic E-state index is 5.53. The van der Waals surface area contributed by atoms with Crippen molar-refractivity contribution in [1.82, 2.24) is 15.5 Å². The number of morpholine rings is 1. The number of aliphatic imine (C=N–C) groups is 1. The molecule has 1 fully saturated rings. The summed E-state index contributed by atoms with van der Waals surface area (Å²) in [7, 11) is 1.82. The summed E-state index contributed by atoms with van der Waals surface area (Å²) in [5, 5.41) is 9.07. The molecule has 0 amide bonds. The maximum Gasteiger partial charge on any atom is 0.191 e. The molecular weight excluding hydrogens is 471 g/mol. The molecule has 3 rings (SSSR count). The lowest BCUT2D eigenvalue weighted by Gasteiger charge is -2.35. The molecule has 0 aliphatic carbocycles. The molecule has 1 aliphatic rings. The smallest absolute Gasteiger partial charge is 0.191 e. The average Bonchev–Trinajstić information content (AvgIpc) is 3.11. The van der Waals surface area contributed by atoms with Gasteiger partial charge in [0.15, 0.2) is 5.96 Å². The quantitative estimate of drug-likeness (QED) is 0.363. The van der Waals surface area contributed by atoms with E-state index in [1.165, 1.54) is 16.0 Å². The van der Waals surface area contributed by atoms with Crippen LogP contribution in [0.15, 0.2) is 46.8 Å². The zero-order valence-corrected chi connectivity index (χ0v) is 19.1. The molecule has 0 radical (unpaired) electrons. The first-order chi connectivity index (χ1) is 12.8. The summed E-state index contributed by atoms with van der Waals surface area (Å²) in [6.45, 7) is 7.28. The predicted octanol–water partition coefficient (Wildman–Crippen LogP) is 3.41. The summed E-state index contributed by atoms with van der Waals surface area (Å²) in [4.78, 5) is 8.22. The van der Waals surface area contributed by atoms with E-state index in [2.05, 4.69) is 69.2 Å². The van der Waals surface area contributed by atoms with Crippen LogP contribution in [0.5, 0.6) is 0 Å². The number of benzene rings is 1. The molecule has 5 nitrogen and oxygen atoms in total. The molecule has 1 unspecified atom stereocenters. The van der Waals surface area contributed by atoms with Crippen molar-refractivity contribution in [2.24, 2.45) is 4.99 Å². The molecule has 2 N–H and O–H groups in total. The van der Waals surface area contributed by atoms with Gasteiger partial charge in [-0.25, -0.2) is 0 Å². The highest BCUT2D eigenvalue weighted by atomic mass is 127. The van der Waals surface area contributed by atoms with Gasteiger partial charge in [-0.3, -0.25) is 9.89 Å². The van der Waals surface area contributed by atoms with Gasteiger partial charge < -0.3 is 15.4 Å². The number of hydrogen-bond acceptors (Lipinski definition) is 4. The molecule has 7 heteroatoms. The number of hydrogen-bond donors (Lipinski definition) is 2. The summed E-state index contributed by atoms with van der Waals surface area (Å²) in [6.07, 6.45) is 0. The molecule has 148 valence electrons. The first-order valence-electron chi connectivity index (χ1n) is 9.12. The van der Waals surface area contributed by atoms with Crippen LogP contribution in [0.4, 0.5) is 0 Å². The zero-order valence-electron chi connectivity index (χ0n) is 16.0. The lowest BCUT2D eigenvalue weighted by atomic mass is 10.0. The van der Waals surface area contributed by atoms with Gasteiger partial charge in [0, 0.05) is 31.6 Å². The fourth-order valence-electron chi connectivity index (χ4n) is 3.19. The topological polar surface area (TPSA) is 48.9 Å². The van der Waals surface area contributed by atoms with Gasteiger partial charge in [0.2, 0.25) is 0 Å². The van der Waals surface area contributed by atoms with E-state index >= 15 is 0 Å². The van der Waals surface area contributed by atoms with Gasteiger partial charge in [0.25, 0.3) is 0 Å². The summed E-state index contributed by atoms with van der Waals surface area (Å²) < 4.78 is 5.53. The SMILES string of the molecule is CN=C(NCc1sccc1C)NCC(c1ccccc1)N1CCOCC1.I. The van der Waals surface area contributed by atoms with Crippen LogP contribution in [-0.4, -0.2) is 50.8 Å². The van der Waals surface area contributed by atoms with Crippen LogP contribution in [0.1, 0.15) is 22.0 Å². The van der Waals surface area contributed by atoms with Crippen molar-refractivity contribution in [2.75, 3.05) is 39.9 Å². The largest absolute Gasteiger partial charge is 0.379 e. The van der Waals surface area contributed by atoms with Crippen LogP contribution in [0, 0.1) is 6.92 Å². The van der Waals surface area contributed by atoms with Crippen molar-refractivity contribution in [3.63, 3.8) is 0 Å². The van der Waals surface area contributed by atoms with Crippen molar-refractivity contribution >= 4 is 41.3 Å². The second-order valence-electron chi connectivity index (χ2n) is 6.41.